The molecule has 0 fully saturated rings. The fourth-order valence-electron chi connectivity index (χ4n) is 1.84. The van der Waals surface area contributed by atoms with Crippen molar-refractivity contribution in [1.82, 2.24) is 0 Å². The van der Waals surface area contributed by atoms with E-state index in [0.717, 1.165) is 5.56 Å². The molecule has 0 saturated heterocycles. The second kappa shape index (κ2) is 7.26. The number of benzene rings is 2. The zero-order valence-electron chi connectivity index (χ0n) is 12.3. The summed E-state index contributed by atoms with van der Waals surface area (Å²) < 4.78 is 32.4. The summed E-state index contributed by atoms with van der Waals surface area (Å²) in [5.41, 5.74) is 1.15. The third-order valence-electron chi connectivity index (χ3n) is 2.91. The van der Waals surface area contributed by atoms with E-state index in [2.05, 4.69) is 9.61 Å². The fourth-order valence-corrected chi connectivity index (χ4v) is 2.93. The highest BCUT2D eigenvalue weighted by atomic mass is 32.2. The number of nitrogens with one attached hydrogen (secondary N) is 1. The van der Waals surface area contributed by atoms with Gasteiger partial charge in [0.1, 0.15) is 12.4 Å². The molecule has 0 aliphatic heterocycles. The number of rotatable bonds is 7. The lowest BCUT2D eigenvalue weighted by Crippen LogP contribution is -2.13. The molecule has 0 aliphatic carbocycles. The van der Waals surface area contributed by atoms with E-state index in [1.807, 2.05) is 0 Å². The van der Waals surface area contributed by atoms with E-state index in [1.54, 1.807) is 36.4 Å². The molecule has 0 heterocycles. The fraction of sp³-hybridized carbons (Fsp3) is 0.200. The summed E-state index contributed by atoms with van der Waals surface area (Å²) in [4.78, 5) is 9.55. The maximum Gasteiger partial charge on any atom is 0.262 e. The molecular formula is C15H17NO5S. The lowest BCUT2D eigenvalue weighted by Gasteiger charge is -2.13. The summed E-state index contributed by atoms with van der Waals surface area (Å²) in [5, 5.41) is 0. The van der Waals surface area contributed by atoms with Gasteiger partial charge in [-0.2, -0.15) is 0 Å². The van der Waals surface area contributed by atoms with Gasteiger partial charge in [0.25, 0.3) is 10.0 Å². The molecule has 0 aromatic heterocycles. The molecule has 0 aliphatic rings. The molecule has 0 spiro atoms. The molecule has 0 amide bonds. The highest BCUT2D eigenvalue weighted by Gasteiger charge is 2.16. The number of hydrogen-bond acceptors (Lipinski definition) is 5. The average molecular weight is 323 g/mol. The first-order chi connectivity index (χ1) is 10.6. The molecule has 2 aromatic rings. The predicted octanol–water partition coefficient (Wildman–Crippen LogP) is 2.57. The number of hydrogen-bond donors (Lipinski definition) is 1. The second-order valence-corrected chi connectivity index (χ2v) is 6.06. The molecule has 0 atom stereocenters. The molecule has 0 radical (unpaired) electrons. The Kier molecular flexibility index (Phi) is 5.37. The van der Waals surface area contributed by atoms with Crippen LogP contribution in [0.3, 0.4) is 0 Å². The van der Waals surface area contributed by atoms with Crippen molar-refractivity contribution in [1.29, 1.82) is 0 Å². The summed E-state index contributed by atoms with van der Waals surface area (Å²) in [6.45, 7) is 0.235. The van der Waals surface area contributed by atoms with Gasteiger partial charge in [-0.25, -0.2) is 18.2 Å². The highest BCUT2D eigenvalue weighted by molar-refractivity contribution is 7.92. The van der Waals surface area contributed by atoms with Crippen LogP contribution < -0.4 is 9.46 Å². The van der Waals surface area contributed by atoms with E-state index in [4.69, 9.17) is 9.62 Å². The molecule has 2 rings (SSSR count). The maximum atomic E-state index is 12.3. The van der Waals surface area contributed by atoms with E-state index in [-0.39, 0.29) is 11.5 Å². The van der Waals surface area contributed by atoms with Crippen LogP contribution in [0.2, 0.25) is 0 Å². The third-order valence-corrected chi connectivity index (χ3v) is 4.29. The highest BCUT2D eigenvalue weighted by Crippen LogP contribution is 2.28. The third kappa shape index (κ3) is 3.97. The first-order valence-corrected chi connectivity index (χ1v) is 7.95. The van der Waals surface area contributed by atoms with Crippen LogP contribution in [0.25, 0.3) is 0 Å². The lowest BCUT2D eigenvalue weighted by atomic mass is 10.2. The Hall–Kier alpha value is -2.09. The van der Waals surface area contributed by atoms with E-state index >= 15 is 0 Å². The van der Waals surface area contributed by atoms with Crippen LogP contribution in [0.15, 0.2) is 53.4 Å². The van der Waals surface area contributed by atoms with Crippen molar-refractivity contribution >= 4 is 15.7 Å². The van der Waals surface area contributed by atoms with E-state index < -0.39 is 10.0 Å². The number of sulfonamides is 1. The van der Waals surface area contributed by atoms with E-state index in [1.165, 1.54) is 26.4 Å². The van der Waals surface area contributed by atoms with Gasteiger partial charge in [-0.15, -0.1) is 0 Å². The SMILES string of the molecule is COOCc1ccc(NS(=O)(=O)c2ccccc2)c(OC)c1. The molecule has 0 unspecified atom stereocenters. The number of anilines is 1. The van der Waals surface area contributed by atoms with Gasteiger partial charge in [0.05, 0.1) is 24.8 Å². The number of methoxy groups -OCH3 is 1. The smallest absolute Gasteiger partial charge is 0.262 e. The summed E-state index contributed by atoms with van der Waals surface area (Å²) in [7, 11) is -0.777. The van der Waals surface area contributed by atoms with Gasteiger partial charge in [-0.05, 0) is 29.8 Å². The van der Waals surface area contributed by atoms with Gasteiger partial charge in [0, 0.05) is 0 Å². The van der Waals surface area contributed by atoms with Gasteiger partial charge in [0.15, 0.2) is 0 Å². The molecule has 118 valence electrons. The van der Waals surface area contributed by atoms with Crippen LogP contribution in [0.1, 0.15) is 5.56 Å². The molecule has 6 nitrogen and oxygen atoms in total. The van der Waals surface area contributed by atoms with Crippen LogP contribution in [0, 0.1) is 0 Å². The van der Waals surface area contributed by atoms with Crippen LogP contribution in [0.5, 0.6) is 5.75 Å². The summed E-state index contributed by atoms with van der Waals surface area (Å²) in [6.07, 6.45) is 0. The number of ether oxygens (including phenoxy) is 1. The second-order valence-electron chi connectivity index (χ2n) is 4.38. The van der Waals surface area contributed by atoms with Gasteiger partial charge in [-0.1, -0.05) is 24.3 Å². The van der Waals surface area contributed by atoms with Crippen molar-refractivity contribution in [3.05, 3.63) is 54.1 Å². The Morgan fingerprint density at radius 2 is 1.77 bits per heavy atom. The van der Waals surface area contributed by atoms with Gasteiger partial charge in [0.2, 0.25) is 0 Å². The lowest BCUT2D eigenvalue weighted by molar-refractivity contribution is -0.282. The topological polar surface area (TPSA) is 73.9 Å². The first kappa shape index (κ1) is 16.3. The molecule has 0 saturated carbocycles. The Morgan fingerprint density at radius 3 is 2.41 bits per heavy atom. The van der Waals surface area contributed by atoms with Crippen LogP contribution in [0.4, 0.5) is 5.69 Å². The Bertz CT molecular complexity index is 716. The van der Waals surface area contributed by atoms with E-state index in [0.29, 0.717) is 11.4 Å². The molecule has 0 bridgehead atoms. The van der Waals surface area contributed by atoms with Crippen LogP contribution in [-0.2, 0) is 26.4 Å². The van der Waals surface area contributed by atoms with Crippen LogP contribution in [-0.4, -0.2) is 22.6 Å². The summed E-state index contributed by atoms with van der Waals surface area (Å²) in [5.74, 6) is 0.400. The van der Waals surface area contributed by atoms with Crippen molar-refractivity contribution in [3.63, 3.8) is 0 Å². The predicted molar refractivity (Wildman–Crippen MR) is 82.0 cm³/mol. The van der Waals surface area contributed by atoms with Crippen molar-refractivity contribution in [2.24, 2.45) is 0 Å². The zero-order valence-corrected chi connectivity index (χ0v) is 13.1. The summed E-state index contributed by atoms with van der Waals surface area (Å²) in [6, 6.07) is 13.2. The molecule has 2 aromatic carbocycles. The monoisotopic (exact) mass is 323 g/mol. The normalized spacial score (nSPS) is 11.2. The quantitative estimate of drug-likeness (QED) is 0.626. The Labute approximate surface area is 129 Å². The average Bonchev–Trinajstić information content (AvgIpc) is 2.54. The minimum Gasteiger partial charge on any atom is -0.495 e. The van der Waals surface area contributed by atoms with Crippen LogP contribution >= 0.6 is 0 Å². The minimum absolute atomic E-state index is 0.184. The molecule has 7 heteroatoms. The summed E-state index contributed by atoms with van der Waals surface area (Å²) >= 11 is 0. The Balaban J connectivity index is 2.25. The van der Waals surface area contributed by atoms with Crippen molar-refractivity contribution in [2.75, 3.05) is 18.9 Å². The van der Waals surface area contributed by atoms with E-state index in [9.17, 15) is 8.42 Å². The van der Waals surface area contributed by atoms with Crippen molar-refractivity contribution in [2.45, 2.75) is 11.5 Å². The maximum absolute atomic E-state index is 12.3. The molecular weight excluding hydrogens is 306 g/mol. The minimum atomic E-state index is -3.66. The first-order valence-electron chi connectivity index (χ1n) is 6.47. The van der Waals surface area contributed by atoms with Crippen molar-refractivity contribution < 1.29 is 22.9 Å². The van der Waals surface area contributed by atoms with Crippen molar-refractivity contribution in [3.8, 4) is 5.75 Å². The van der Waals surface area contributed by atoms with Gasteiger partial charge >= 0.3 is 0 Å². The molecule has 1 N–H and O–H groups in total. The molecule has 22 heavy (non-hydrogen) atoms. The van der Waals surface area contributed by atoms with Gasteiger partial charge < -0.3 is 4.74 Å². The standard InChI is InChI=1S/C15H17NO5S/c1-19-15-10-12(11-21-20-2)8-9-14(15)16-22(17,18)13-6-4-3-5-7-13/h3-10,16H,11H2,1-2H3. The Morgan fingerprint density at radius 1 is 1.05 bits per heavy atom. The largest absolute Gasteiger partial charge is 0.495 e. The van der Waals surface area contributed by atoms with Gasteiger partial charge in [-0.3, -0.25) is 4.72 Å². The zero-order chi connectivity index (χ0) is 16.0.